The van der Waals surface area contributed by atoms with Gasteiger partial charge in [-0.05, 0) is 30.9 Å². The second-order valence-corrected chi connectivity index (χ2v) is 4.91. The van der Waals surface area contributed by atoms with Crippen molar-refractivity contribution in [1.29, 1.82) is 0 Å². The minimum Gasteiger partial charge on any atom is -0.391 e. The molecule has 0 bridgehead atoms. The molecule has 1 aromatic carbocycles. The Balaban J connectivity index is 0.00000200. The number of hydrogen-bond donors (Lipinski definition) is 2. The van der Waals surface area contributed by atoms with Gasteiger partial charge in [0.2, 0.25) is 0 Å². The number of aliphatic hydroxyl groups is 1. The second kappa shape index (κ2) is 6.28. The number of alkyl halides is 3. The van der Waals surface area contributed by atoms with Crippen LogP contribution in [0, 0.1) is 11.7 Å². The fourth-order valence-electron chi connectivity index (χ4n) is 2.37. The lowest BCUT2D eigenvalue weighted by molar-refractivity contribution is -0.139. The fourth-order valence-corrected chi connectivity index (χ4v) is 2.37. The molecule has 0 heterocycles. The van der Waals surface area contributed by atoms with Gasteiger partial charge in [0.05, 0.1) is 17.7 Å². The smallest absolute Gasteiger partial charge is 0.391 e. The molecule has 2 rings (SSSR count). The van der Waals surface area contributed by atoms with Gasteiger partial charge in [0.25, 0.3) is 0 Å². The van der Waals surface area contributed by atoms with Crippen LogP contribution in [0.1, 0.15) is 36.4 Å². The van der Waals surface area contributed by atoms with Gasteiger partial charge in [-0.15, -0.1) is 12.4 Å². The van der Waals surface area contributed by atoms with Gasteiger partial charge in [-0.1, -0.05) is 12.5 Å². The molecule has 1 saturated carbocycles. The molecular weight excluding hydrogens is 298 g/mol. The van der Waals surface area contributed by atoms with Crippen LogP contribution in [0.2, 0.25) is 0 Å². The predicted molar refractivity (Wildman–Crippen MR) is 68.9 cm³/mol. The summed E-state index contributed by atoms with van der Waals surface area (Å²) >= 11 is 0. The Morgan fingerprint density at radius 2 is 1.85 bits per heavy atom. The average molecular weight is 314 g/mol. The zero-order valence-electron chi connectivity index (χ0n) is 10.5. The van der Waals surface area contributed by atoms with E-state index in [1.165, 1.54) is 0 Å². The Morgan fingerprint density at radius 1 is 1.25 bits per heavy atom. The van der Waals surface area contributed by atoms with E-state index in [1.807, 2.05) is 0 Å². The van der Waals surface area contributed by atoms with Crippen LogP contribution >= 0.6 is 12.4 Å². The number of halogens is 5. The molecule has 0 spiro atoms. The van der Waals surface area contributed by atoms with Crippen molar-refractivity contribution >= 4 is 12.4 Å². The van der Waals surface area contributed by atoms with Crippen molar-refractivity contribution in [2.24, 2.45) is 11.7 Å². The Hall–Kier alpha value is -0.850. The van der Waals surface area contributed by atoms with E-state index in [0.29, 0.717) is 12.8 Å². The van der Waals surface area contributed by atoms with Crippen molar-refractivity contribution in [2.45, 2.75) is 37.6 Å². The number of benzene rings is 1. The molecule has 0 aromatic heterocycles. The second-order valence-electron chi connectivity index (χ2n) is 4.91. The molecule has 1 aromatic rings. The van der Waals surface area contributed by atoms with Crippen molar-refractivity contribution in [3.05, 3.63) is 35.1 Å². The van der Waals surface area contributed by atoms with Crippen molar-refractivity contribution < 1.29 is 22.7 Å². The van der Waals surface area contributed by atoms with Crippen LogP contribution in [0.3, 0.4) is 0 Å². The van der Waals surface area contributed by atoms with E-state index in [2.05, 4.69) is 0 Å². The van der Waals surface area contributed by atoms with Gasteiger partial charge in [0.15, 0.2) is 0 Å². The lowest BCUT2D eigenvalue weighted by Gasteiger charge is -2.34. The summed E-state index contributed by atoms with van der Waals surface area (Å²) in [6, 6.07) is 1.34. The Bertz CT molecular complexity index is 462. The summed E-state index contributed by atoms with van der Waals surface area (Å²) in [5, 5.41) is 9.95. The minimum absolute atomic E-state index is 0. The molecule has 2 nitrogen and oxygen atoms in total. The number of hydrogen-bond acceptors (Lipinski definition) is 2. The molecule has 0 amide bonds. The number of rotatable bonds is 3. The molecule has 0 saturated heterocycles. The van der Waals surface area contributed by atoms with Gasteiger partial charge < -0.3 is 10.8 Å². The molecule has 3 N–H and O–H groups in total. The van der Waals surface area contributed by atoms with Crippen molar-refractivity contribution in [3.63, 3.8) is 0 Å². The highest BCUT2D eigenvalue weighted by atomic mass is 35.5. The van der Waals surface area contributed by atoms with Crippen molar-refractivity contribution in [3.8, 4) is 0 Å². The van der Waals surface area contributed by atoms with Crippen LogP contribution in [-0.4, -0.2) is 11.2 Å². The topological polar surface area (TPSA) is 46.2 Å². The first-order valence-corrected chi connectivity index (χ1v) is 6.11. The Kier molecular flexibility index (Phi) is 5.40. The van der Waals surface area contributed by atoms with E-state index in [0.717, 1.165) is 24.6 Å². The maximum absolute atomic E-state index is 13.7. The zero-order chi connectivity index (χ0) is 14.2. The van der Waals surface area contributed by atoms with E-state index in [4.69, 9.17) is 5.73 Å². The summed E-state index contributed by atoms with van der Waals surface area (Å²) in [4.78, 5) is 0. The van der Waals surface area contributed by atoms with E-state index in [-0.39, 0.29) is 18.3 Å². The van der Waals surface area contributed by atoms with Crippen LogP contribution in [0.15, 0.2) is 18.2 Å². The Labute approximate surface area is 120 Å². The van der Waals surface area contributed by atoms with Crippen LogP contribution < -0.4 is 5.73 Å². The molecule has 1 aliphatic rings. The third kappa shape index (κ3) is 3.24. The van der Waals surface area contributed by atoms with E-state index < -0.39 is 35.3 Å². The Morgan fingerprint density at radius 3 is 2.30 bits per heavy atom. The molecule has 0 aliphatic heterocycles. The number of aliphatic hydroxyl groups excluding tert-OH is 1. The van der Waals surface area contributed by atoms with Crippen LogP contribution in [0.5, 0.6) is 0 Å². The van der Waals surface area contributed by atoms with Crippen molar-refractivity contribution in [2.75, 3.05) is 0 Å². The van der Waals surface area contributed by atoms with Gasteiger partial charge in [0, 0.05) is 5.56 Å². The molecular formula is C13H16ClF4NO. The molecule has 114 valence electrons. The largest absolute Gasteiger partial charge is 0.416 e. The van der Waals surface area contributed by atoms with Crippen LogP contribution in [-0.2, 0) is 6.18 Å². The van der Waals surface area contributed by atoms with E-state index in [1.54, 1.807) is 0 Å². The summed E-state index contributed by atoms with van der Waals surface area (Å²) in [6.45, 7) is 0. The first-order valence-electron chi connectivity index (χ1n) is 6.11. The molecule has 20 heavy (non-hydrogen) atoms. The monoisotopic (exact) mass is 313 g/mol. The first-order chi connectivity index (χ1) is 8.82. The molecule has 0 radical (unpaired) electrons. The van der Waals surface area contributed by atoms with Crippen LogP contribution in [0.25, 0.3) is 0 Å². The number of nitrogens with two attached hydrogens (primary N) is 1. The average Bonchev–Trinajstić information content (AvgIpc) is 2.24. The highest BCUT2D eigenvalue weighted by Gasteiger charge is 2.39. The van der Waals surface area contributed by atoms with E-state index in [9.17, 15) is 22.7 Å². The quantitative estimate of drug-likeness (QED) is 0.840. The summed E-state index contributed by atoms with van der Waals surface area (Å²) in [5.74, 6) is -1.17. The summed E-state index contributed by atoms with van der Waals surface area (Å²) in [5.41, 5.74) is 3.90. The lowest BCUT2D eigenvalue weighted by atomic mass is 9.77. The maximum Gasteiger partial charge on any atom is 0.416 e. The molecule has 1 aliphatic carbocycles. The van der Waals surface area contributed by atoms with Crippen molar-refractivity contribution in [1.82, 2.24) is 0 Å². The van der Waals surface area contributed by atoms with Crippen LogP contribution in [0.4, 0.5) is 17.6 Å². The first kappa shape index (κ1) is 17.2. The normalized spacial score (nSPS) is 18.9. The third-order valence-corrected chi connectivity index (χ3v) is 3.69. The highest BCUT2D eigenvalue weighted by molar-refractivity contribution is 5.85. The molecule has 0 unspecified atom stereocenters. The van der Waals surface area contributed by atoms with Gasteiger partial charge >= 0.3 is 6.18 Å². The minimum atomic E-state index is -4.69. The predicted octanol–water partition coefficient (Wildman–Crippen LogP) is 3.43. The zero-order valence-corrected chi connectivity index (χ0v) is 11.3. The lowest BCUT2D eigenvalue weighted by Crippen LogP contribution is -2.38. The summed E-state index contributed by atoms with van der Waals surface area (Å²) in [6.07, 6.45) is -3.49. The summed E-state index contributed by atoms with van der Waals surface area (Å²) < 4.78 is 52.2. The van der Waals surface area contributed by atoms with Gasteiger partial charge in [-0.25, -0.2) is 4.39 Å². The van der Waals surface area contributed by atoms with Gasteiger partial charge in [-0.2, -0.15) is 13.2 Å². The fraction of sp³-hybridized carbons (Fsp3) is 0.538. The molecule has 1 fully saturated rings. The summed E-state index contributed by atoms with van der Waals surface area (Å²) in [7, 11) is 0. The molecule has 2 atom stereocenters. The molecule has 7 heteroatoms. The third-order valence-electron chi connectivity index (χ3n) is 3.69. The standard InChI is InChI=1S/C13H15F4NO.ClH/c14-9-6-2-5-8(13(15,16)17)10(9)11(18)12(19)7-3-1-4-7;/h2,5-7,11-12,19H,1,3-4,18H2;1H/t11-,12+;/m1./s1. The highest BCUT2D eigenvalue weighted by Crippen LogP contribution is 2.39. The van der Waals surface area contributed by atoms with Gasteiger partial charge in [0.1, 0.15) is 5.82 Å². The SMILES string of the molecule is Cl.N[C@H](c1c(F)cccc1C(F)(F)F)[C@@H](O)C1CCC1. The maximum atomic E-state index is 13.7. The van der Waals surface area contributed by atoms with Gasteiger partial charge in [-0.3, -0.25) is 0 Å². The van der Waals surface area contributed by atoms with E-state index >= 15 is 0 Å².